The van der Waals surface area contributed by atoms with Gasteiger partial charge in [-0.3, -0.25) is 14.6 Å². The molecule has 27 heavy (non-hydrogen) atoms. The Morgan fingerprint density at radius 2 is 1.96 bits per heavy atom. The predicted molar refractivity (Wildman–Crippen MR) is 107 cm³/mol. The quantitative estimate of drug-likeness (QED) is 0.854. The van der Waals surface area contributed by atoms with Crippen molar-refractivity contribution in [3.05, 3.63) is 53.3 Å². The number of piperazine rings is 1. The highest BCUT2D eigenvalue weighted by Gasteiger charge is 2.23. The number of nitrogens with zero attached hydrogens (tertiary/aromatic N) is 3. The number of carbonyl (C=O) groups is 2. The van der Waals surface area contributed by atoms with E-state index in [1.165, 1.54) is 6.20 Å². The lowest BCUT2D eigenvalue weighted by atomic mass is 10.2. The van der Waals surface area contributed by atoms with Gasteiger partial charge >= 0.3 is 0 Å². The fourth-order valence-electron chi connectivity index (χ4n) is 3.14. The van der Waals surface area contributed by atoms with Crippen molar-refractivity contribution in [3.63, 3.8) is 0 Å². The van der Waals surface area contributed by atoms with Gasteiger partial charge in [-0.1, -0.05) is 18.5 Å². The zero-order valence-electron chi connectivity index (χ0n) is 15.3. The molecule has 0 spiro atoms. The highest BCUT2D eigenvalue weighted by molar-refractivity contribution is 6.31. The summed E-state index contributed by atoms with van der Waals surface area (Å²) in [6, 6.07) is 8.90. The largest absolute Gasteiger partial charge is 0.366 e. The second kappa shape index (κ2) is 8.86. The van der Waals surface area contributed by atoms with Crippen molar-refractivity contribution in [3.8, 4) is 0 Å². The van der Waals surface area contributed by atoms with Crippen LogP contribution in [-0.2, 0) is 4.79 Å². The monoisotopic (exact) mass is 386 g/mol. The smallest absolute Gasteiger partial charge is 0.257 e. The van der Waals surface area contributed by atoms with Crippen molar-refractivity contribution >= 4 is 34.8 Å². The molecular formula is C20H23ClN4O2. The van der Waals surface area contributed by atoms with Crippen molar-refractivity contribution < 1.29 is 9.59 Å². The first-order chi connectivity index (χ1) is 13.1. The van der Waals surface area contributed by atoms with Crippen molar-refractivity contribution in [2.24, 2.45) is 0 Å². The van der Waals surface area contributed by atoms with Gasteiger partial charge in [-0.15, -0.1) is 0 Å². The summed E-state index contributed by atoms with van der Waals surface area (Å²) in [6.45, 7) is 4.80. The molecule has 0 saturated carbocycles. The molecule has 1 aromatic heterocycles. The van der Waals surface area contributed by atoms with Crippen molar-refractivity contribution in [1.82, 2.24) is 9.88 Å². The third kappa shape index (κ3) is 4.77. The molecule has 2 aromatic rings. The lowest BCUT2D eigenvalue weighted by Crippen LogP contribution is -2.48. The molecule has 3 rings (SSSR count). The molecule has 2 heterocycles. The van der Waals surface area contributed by atoms with Crippen LogP contribution in [0.3, 0.4) is 0 Å². The normalized spacial score (nSPS) is 14.1. The number of rotatable bonds is 5. The van der Waals surface area contributed by atoms with Crippen LogP contribution in [0.4, 0.5) is 11.4 Å². The molecule has 0 radical (unpaired) electrons. The molecule has 142 valence electrons. The van der Waals surface area contributed by atoms with Crippen LogP contribution in [0.1, 0.15) is 30.1 Å². The average Bonchev–Trinajstić information content (AvgIpc) is 2.69. The summed E-state index contributed by atoms with van der Waals surface area (Å²) in [6.07, 6.45) is 4.60. The molecule has 2 amide bonds. The molecule has 1 fully saturated rings. The Bertz CT molecular complexity index is 805. The molecule has 0 bridgehead atoms. The average molecular weight is 387 g/mol. The third-order valence-corrected chi connectivity index (χ3v) is 4.80. The van der Waals surface area contributed by atoms with Gasteiger partial charge < -0.3 is 15.1 Å². The van der Waals surface area contributed by atoms with Crippen LogP contribution in [0.15, 0.2) is 42.7 Å². The van der Waals surface area contributed by atoms with Crippen LogP contribution < -0.4 is 10.2 Å². The summed E-state index contributed by atoms with van der Waals surface area (Å²) in [5.74, 6) is -0.0262. The SMILES string of the molecule is CCCC(=O)N1CCN(c2ccc(Cl)cc2NC(=O)c2cccnc2)CC1. The van der Waals surface area contributed by atoms with E-state index in [2.05, 4.69) is 15.2 Å². The third-order valence-electron chi connectivity index (χ3n) is 4.57. The minimum Gasteiger partial charge on any atom is -0.366 e. The van der Waals surface area contributed by atoms with E-state index in [0.29, 0.717) is 48.9 Å². The van der Waals surface area contributed by atoms with Gasteiger partial charge in [0.05, 0.1) is 16.9 Å². The zero-order chi connectivity index (χ0) is 19.2. The molecule has 1 aliphatic heterocycles. The zero-order valence-corrected chi connectivity index (χ0v) is 16.1. The maximum atomic E-state index is 12.5. The maximum Gasteiger partial charge on any atom is 0.257 e. The first-order valence-corrected chi connectivity index (χ1v) is 9.50. The predicted octanol–water partition coefficient (Wildman–Crippen LogP) is 3.44. The summed E-state index contributed by atoms with van der Waals surface area (Å²) in [7, 11) is 0. The van der Waals surface area contributed by atoms with Crippen molar-refractivity contribution in [2.45, 2.75) is 19.8 Å². The Morgan fingerprint density at radius 3 is 2.63 bits per heavy atom. The van der Waals surface area contributed by atoms with E-state index in [-0.39, 0.29) is 11.8 Å². The maximum absolute atomic E-state index is 12.5. The van der Waals surface area contributed by atoms with E-state index in [1.807, 2.05) is 24.0 Å². The van der Waals surface area contributed by atoms with Crippen LogP contribution in [0.2, 0.25) is 5.02 Å². The van der Waals surface area contributed by atoms with E-state index < -0.39 is 0 Å². The van der Waals surface area contributed by atoms with Gasteiger partial charge in [-0.05, 0) is 36.8 Å². The fourth-order valence-corrected chi connectivity index (χ4v) is 3.32. The van der Waals surface area contributed by atoms with Crippen LogP contribution in [0, 0.1) is 0 Å². The Morgan fingerprint density at radius 1 is 1.19 bits per heavy atom. The number of aromatic nitrogens is 1. The first kappa shape index (κ1) is 19.2. The number of nitrogens with one attached hydrogen (secondary N) is 1. The van der Waals surface area contributed by atoms with Crippen LogP contribution >= 0.6 is 11.6 Å². The van der Waals surface area contributed by atoms with Gasteiger partial charge in [0.25, 0.3) is 5.91 Å². The Hall–Kier alpha value is -2.60. The molecular weight excluding hydrogens is 364 g/mol. The number of hydrogen-bond donors (Lipinski definition) is 1. The fraction of sp³-hybridized carbons (Fsp3) is 0.350. The van der Waals surface area contributed by atoms with Crippen LogP contribution in [0.25, 0.3) is 0 Å². The number of halogens is 1. The van der Waals surface area contributed by atoms with Crippen molar-refractivity contribution in [2.75, 3.05) is 36.4 Å². The van der Waals surface area contributed by atoms with Crippen molar-refractivity contribution in [1.29, 1.82) is 0 Å². The summed E-state index contributed by atoms with van der Waals surface area (Å²) in [5, 5.41) is 3.49. The van der Waals surface area contributed by atoms with E-state index in [4.69, 9.17) is 11.6 Å². The molecule has 1 N–H and O–H groups in total. The molecule has 7 heteroatoms. The highest BCUT2D eigenvalue weighted by atomic mass is 35.5. The number of pyridine rings is 1. The minimum absolute atomic E-state index is 0.207. The molecule has 6 nitrogen and oxygen atoms in total. The Balaban J connectivity index is 1.73. The van der Waals surface area contributed by atoms with E-state index in [9.17, 15) is 9.59 Å². The summed E-state index contributed by atoms with van der Waals surface area (Å²) in [5.41, 5.74) is 2.04. The lowest BCUT2D eigenvalue weighted by molar-refractivity contribution is -0.131. The lowest BCUT2D eigenvalue weighted by Gasteiger charge is -2.37. The number of carbonyl (C=O) groups excluding carboxylic acids is 2. The molecule has 1 aromatic carbocycles. The molecule has 0 aliphatic carbocycles. The topological polar surface area (TPSA) is 65.5 Å². The molecule has 1 aliphatic rings. The van der Waals surface area contributed by atoms with Crippen LogP contribution in [0.5, 0.6) is 0 Å². The van der Waals surface area contributed by atoms with Crippen LogP contribution in [-0.4, -0.2) is 47.9 Å². The number of hydrogen-bond acceptors (Lipinski definition) is 4. The van der Waals surface area contributed by atoms with E-state index in [0.717, 1.165) is 12.1 Å². The number of amides is 2. The number of anilines is 2. The second-order valence-corrected chi connectivity index (χ2v) is 6.91. The number of benzene rings is 1. The first-order valence-electron chi connectivity index (χ1n) is 9.12. The van der Waals surface area contributed by atoms with E-state index in [1.54, 1.807) is 24.4 Å². The summed E-state index contributed by atoms with van der Waals surface area (Å²) < 4.78 is 0. The molecule has 0 unspecified atom stereocenters. The van der Waals surface area contributed by atoms with Gasteiger partial charge in [0, 0.05) is 50.0 Å². The Kier molecular flexibility index (Phi) is 6.29. The summed E-state index contributed by atoms with van der Waals surface area (Å²) in [4.78, 5) is 32.7. The molecule has 0 atom stereocenters. The van der Waals surface area contributed by atoms with Gasteiger partial charge in [-0.2, -0.15) is 0 Å². The highest BCUT2D eigenvalue weighted by Crippen LogP contribution is 2.30. The summed E-state index contributed by atoms with van der Waals surface area (Å²) >= 11 is 6.15. The van der Waals surface area contributed by atoms with Gasteiger partial charge in [-0.25, -0.2) is 0 Å². The Labute approximate surface area is 164 Å². The standard InChI is InChI=1S/C20H23ClN4O2/c1-2-4-19(26)25-11-9-24(10-12-25)18-7-6-16(21)13-17(18)23-20(27)15-5-3-8-22-14-15/h3,5-8,13-14H,2,4,9-12H2,1H3,(H,23,27). The van der Waals surface area contributed by atoms with E-state index >= 15 is 0 Å². The second-order valence-electron chi connectivity index (χ2n) is 6.48. The minimum atomic E-state index is -0.233. The van der Waals surface area contributed by atoms with Gasteiger partial charge in [0.15, 0.2) is 0 Å². The molecule has 1 saturated heterocycles. The van der Waals surface area contributed by atoms with Gasteiger partial charge in [0.2, 0.25) is 5.91 Å². The van der Waals surface area contributed by atoms with Gasteiger partial charge in [0.1, 0.15) is 0 Å².